The average Bonchev–Trinajstić information content (AvgIpc) is 2.23. The summed E-state index contributed by atoms with van der Waals surface area (Å²) in [7, 11) is 0. The molecule has 0 spiro atoms. The Kier molecular flexibility index (Phi) is 4.08. The van der Waals surface area contributed by atoms with Crippen LogP contribution < -0.4 is 5.32 Å². The number of hydrogen-bond donors (Lipinski definition) is 1. The standard InChI is InChI=1S/C17H29N3/c1-7-13-8-15(19-12(2)18-13)20-14-9-16(3,4)11-17(5,6)10-14/h8,14H,7,9-11H2,1-6H3,(H,18,19,20). The smallest absolute Gasteiger partial charge is 0.130 e. The van der Waals surface area contributed by atoms with Gasteiger partial charge >= 0.3 is 0 Å². The van der Waals surface area contributed by atoms with Gasteiger partial charge in [-0.2, -0.15) is 0 Å². The third-order valence-electron chi connectivity index (χ3n) is 4.16. The van der Waals surface area contributed by atoms with Gasteiger partial charge in [0.2, 0.25) is 0 Å². The molecule has 0 aliphatic heterocycles. The SMILES string of the molecule is CCc1cc(NC2CC(C)(C)CC(C)(C)C2)nc(C)n1. The minimum atomic E-state index is 0.398. The molecule has 0 bridgehead atoms. The van der Waals surface area contributed by atoms with Crippen LogP contribution in [0, 0.1) is 17.8 Å². The quantitative estimate of drug-likeness (QED) is 0.890. The summed E-state index contributed by atoms with van der Waals surface area (Å²) in [4.78, 5) is 9.00. The molecule has 1 fully saturated rings. The Morgan fingerprint density at radius 1 is 1.15 bits per heavy atom. The van der Waals surface area contributed by atoms with E-state index in [1.165, 1.54) is 19.3 Å². The summed E-state index contributed by atoms with van der Waals surface area (Å²) < 4.78 is 0. The van der Waals surface area contributed by atoms with E-state index in [-0.39, 0.29) is 0 Å². The highest BCUT2D eigenvalue weighted by Gasteiger charge is 2.38. The fourth-order valence-electron chi connectivity index (χ4n) is 4.04. The van der Waals surface area contributed by atoms with Gasteiger partial charge in [-0.25, -0.2) is 9.97 Å². The van der Waals surface area contributed by atoms with Crippen molar-refractivity contribution in [2.24, 2.45) is 10.8 Å². The number of anilines is 1. The predicted molar refractivity (Wildman–Crippen MR) is 85.0 cm³/mol. The Labute approximate surface area is 123 Å². The van der Waals surface area contributed by atoms with Crippen molar-refractivity contribution in [3.63, 3.8) is 0 Å². The van der Waals surface area contributed by atoms with E-state index in [2.05, 4.69) is 56.0 Å². The molecule has 0 saturated heterocycles. The highest BCUT2D eigenvalue weighted by atomic mass is 15.1. The molecule has 0 aromatic carbocycles. The van der Waals surface area contributed by atoms with Crippen molar-refractivity contribution < 1.29 is 0 Å². The van der Waals surface area contributed by atoms with Crippen molar-refractivity contribution in [2.45, 2.75) is 73.3 Å². The topological polar surface area (TPSA) is 37.8 Å². The first-order valence-corrected chi connectivity index (χ1v) is 7.80. The van der Waals surface area contributed by atoms with Crippen LogP contribution in [0.2, 0.25) is 0 Å². The van der Waals surface area contributed by atoms with E-state index in [1.807, 2.05) is 6.92 Å². The van der Waals surface area contributed by atoms with Crippen molar-refractivity contribution in [1.29, 1.82) is 0 Å². The van der Waals surface area contributed by atoms with Crippen LogP contribution >= 0.6 is 0 Å². The molecule has 0 amide bonds. The van der Waals surface area contributed by atoms with Gasteiger partial charge in [0.15, 0.2) is 0 Å². The van der Waals surface area contributed by atoms with Crippen molar-refractivity contribution in [3.8, 4) is 0 Å². The highest BCUT2D eigenvalue weighted by Crippen LogP contribution is 2.46. The number of nitrogens with one attached hydrogen (secondary N) is 1. The lowest BCUT2D eigenvalue weighted by atomic mass is 9.63. The van der Waals surface area contributed by atoms with Crippen LogP contribution in [0.3, 0.4) is 0 Å². The molecule has 0 atom stereocenters. The third-order valence-corrected chi connectivity index (χ3v) is 4.16. The normalized spacial score (nSPS) is 21.7. The molecule has 112 valence electrons. The van der Waals surface area contributed by atoms with Gasteiger partial charge < -0.3 is 5.32 Å². The van der Waals surface area contributed by atoms with Crippen molar-refractivity contribution in [1.82, 2.24) is 9.97 Å². The minimum Gasteiger partial charge on any atom is -0.367 e. The molecule has 2 rings (SSSR count). The summed E-state index contributed by atoms with van der Waals surface area (Å²) in [6, 6.07) is 2.61. The summed E-state index contributed by atoms with van der Waals surface area (Å²) >= 11 is 0. The van der Waals surface area contributed by atoms with Gasteiger partial charge in [-0.3, -0.25) is 0 Å². The molecule has 0 radical (unpaired) electrons. The molecule has 3 heteroatoms. The van der Waals surface area contributed by atoms with Gasteiger partial charge in [-0.15, -0.1) is 0 Å². The first-order chi connectivity index (χ1) is 9.19. The Balaban J connectivity index is 2.15. The van der Waals surface area contributed by atoms with Crippen LogP contribution in [-0.2, 0) is 6.42 Å². The summed E-state index contributed by atoms with van der Waals surface area (Å²) in [5.41, 5.74) is 1.92. The Bertz CT molecular complexity index is 461. The van der Waals surface area contributed by atoms with Gasteiger partial charge in [0.05, 0.1) is 0 Å². The van der Waals surface area contributed by atoms with Gasteiger partial charge in [0.1, 0.15) is 11.6 Å². The molecule has 1 aromatic rings. The van der Waals surface area contributed by atoms with Gasteiger partial charge in [0, 0.05) is 17.8 Å². The third kappa shape index (κ3) is 3.94. The first kappa shape index (κ1) is 15.3. The number of rotatable bonds is 3. The van der Waals surface area contributed by atoms with Crippen LogP contribution in [0.15, 0.2) is 6.07 Å². The maximum Gasteiger partial charge on any atom is 0.130 e. The zero-order valence-electron chi connectivity index (χ0n) is 13.9. The number of aryl methyl sites for hydroxylation is 2. The second-order valence-corrected chi connectivity index (χ2v) is 7.90. The fraction of sp³-hybridized carbons (Fsp3) is 0.765. The van der Waals surface area contributed by atoms with Crippen LogP contribution in [0.4, 0.5) is 5.82 Å². The zero-order chi connectivity index (χ0) is 15.0. The molecule has 1 aliphatic carbocycles. The van der Waals surface area contributed by atoms with Crippen molar-refractivity contribution >= 4 is 5.82 Å². The zero-order valence-corrected chi connectivity index (χ0v) is 13.9. The van der Waals surface area contributed by atoms with Crippen LogP contribution in [0.5, 0.6) is 0 Å². The highest BCUT2D eigenvalue weighted by molar-refractivity contribution is 5.37. The maximum atomic E-state index is 4.55. The molecule has 20 heavy (non-hydrogen) atoms. The van der Waals surface area contributed by atoms with Crippen LogP contribution in [0.1, 0.15) is 65.4 Å². The van der Waals surface area contributed by atoms with E-state index in [0.29, 0.717) is 16.9 Å². The lowest BCUT2D eigenvalue weighted by Crippen LogP contribution is -2.40. The lowest BCUT2D eigenvalue weighted by molar-refractivity contribution is 0.105. The summed E-state index contributed by atoms with van der Waals surface area (Å²) in [5, 5.41) is 3.66. The molecular weight excluding hydrogens is 246 g/mol. The Morgan fingerprint density at radius 2 is 1.75 bits per heavy atom. The largest absolute Gasteiger partial charge is 0.367 e. The minimum absolute atomic E-state index is 0.398. The summed E-state index contributed by atoms with van der Waals surface area (Å²) in [6.07, 6.45) is 4.67. The maximum absolute atomic E-state index is 4.55. The van der Waals surface area contributed by atoms with E-state index in [1.54, 1.807) is 0 Å². The summed E-state index contributed by atoms with van der Waals surface area (Å²) in [6.45, 7) is 13.6. The number of nitrogens with zero attached hydrogens (tertiary/aromatic N) is 2. The van der Waals surface area contributed by atoms with Gasteiger partial charge in [0.25, 0.3) is 0 Å². The Morgan fingerprint density at radius 3 is 2.30 bits per heavy atom. The van der Waals surface area contributed by atoms with Crippen molar-refractivity contribution in [2.75, 3.05) is 5.32 Å². The molecule has 3 nitrogen and oxygen atoms in total. The predicted octanol–water partition coefficient (Wildman–Crippen LogP) is 4.36. The molecular formula is C17H29N3. The average molecular weight is 275 g/mol. The molecule has 1 aliphatic rings. The van der Waals surface area contributed by atoms with E-state index >= 15 is 0 Å². The number of hydrogen-bond acceptors (Lipinski definition) is 3. The molecule has 0 unspecified atom stereocenters. The van der Waals surface area contributed by atoms with E-state index in [9.17, 15) is 0 Å². The Hall–Kier alpha value is -1.12. The molecule has 1 heterocycles. The fourth-order valence-corrected chi connectivity index (χ4v) is 4.04. The van der Waals surface area contributed by atoms with E-state index in [0.717, 1.165) is 23.8 Å². The monoisotopic (exact) mass is 275 g/mol. The van der Waals surface area contributed by atoms with Gasteiger partial charge in [-0.1, -0.05) is 34.6 Å². The van der Waals surface area contributed by atoms with Gasteiger partial charge in [-0.05, 0) is 43.4 Å². The molecule has 1 N–H and O–H groups in total. The second-order valence-electron chi connectivity index (χ2n) is 7.90. The summed E-state index contributed by atoms with van der Waals surface area (Å²) in [5.74, 6) is 1.86. The van der Waals surface area contributed by atoms with Crippen LogP contribution in [0.25, 0.3) is 0 Å². The molecule has 1 aromatic heterocycles. The molecule has 1 saturated carbocycles. The number of aromatic nitrogens is 2. The van der Waals surface area contributed by atoms with E-state index in [4.69, 9.17) is 0 Å². The van der Waals surface area contributed by atoms with Crippen molar-refractivity contribution in [3.05, 3.63) is 17.6 Å². The van der Waals surface area contributed by atoms with Crippen LogP contribution in [-0.4, -0.2) is 16.0 Å². The lowest BCUT2D eigenvalue weighted by Gasteiger charge is -2.45. The second kappa shape index (κ2) is 5.34. The first-order valence-electron chi connectivity index (χ1n) is 7.80. The van der Waals surface area contributed by atoms with E-state index < -0.39 is 0 Å².